The quantitative estimate of drug-likeness (QED) is 0.834. The van der Waals surface area contributed by atoms with Crippen molar-refractivity contribution in [2.24, 2.45) is 5.73 Å². The van der Waals surface area contributed by atoms with Crippen molar-refractivity contribution in [1.29, 1.82) is 0 Å². The summed E-state index contributed by atoms with van der Waals surface area (Å²) in [4.78, 5) is 4.94. The fraction of sp³-hybridized carbons (Fsp3) is 0.500. The van der Waals surface area contributed by atoms with E-state index in [1.807, 2.05) is 0 Å². The number of likely N-dealkylation sites (N-methyl/N-ethyl adjacent to an activating group) is 1. The Kier molecular flexibility index (Phi) is 6.43. The molecule has 1 saturated heterocycles. The molecule has 1 aliphatic heterocycles. The third-order valence-corrected chi connectivity index (χ3v) is 6.21. The zero-order valence-electron chi connectivity index (χ0n) is 17.0. The van der Waals surface area contributed by atoms with Gasteiger partial charge in [-0.15, -0.1) is 0 Å². The van der Waals surface area contributed by atoms with E-state index < -0.39 is 0 Å². The second kappa shape index (κ2) is 9.19. The highest BCUT2D eigenvalue weighted by Gasteiger charge is 2.24. The first-order valence-electron chi connectivity index (χ1n) is 10.6. The predicted molar refractivity (Wildman–Crippen MR) is 115 cm³/mol. The van der Waals surface area contributed by atoms with Gasteiger partial charge in [-0.3, -0.25) is 4.90 Å². The molecule has 0 aromatic heterocycles. The average molecular weight is 380 g/mol. The average Bonchev–Trinajstić information content (AvgIpc) is 3.14. The van der Waals surface area contributed by atoms with Crippen LogP contribution in [0.5, 0.6) is 0 Å². The number of nitrogens with two attached hydrogens (primary N) is 1. The molecular formula is C24H33N3O. The molecule has 28 heavy (non-hydrogen) atoms. The number of benzene rings is 2. The Morgan fingerprint density at radius 1 is 0.857 bits per heavy atom. The Labute approximate surface area is 169 Å². The zero-order valence-corrected chi connectivity index (χ0v) is 17.0. The summed E-state index contributed by atoms with van der Waals surface area (Å²) in [6.07, 6.45) is 3.61. The van der Waals surface area contributed by atoms with Gasteiger partial charge in [-0.2, -0.15) is 0 Å². The van der Waals surface area contributed by atoms with Crippen LogP contribution in [-0.2, 0) is 17.9 Å². The molecule has 2 aromatic carbocycles. The third-order valence-electron chi connectivity index (χ3n) is 6.21. The Morgan fingerprint density at radius 2 is 1.46 bits per heavy atom. The van der Waals surface area contributed by atoms with Crippen molar-refractivity contribution in [3.05, 3.63) is 59.7 Å². The van der Waals surface area contributed by atoms with E-state index in [1.165, 1.54) is 41.8 Å². The van der Waals surface area contributed by atoms with Crippen LogP contribution < -0.4 is 5.73 Å². The molecule has 0 amide bonds. The summed E-state index contributed by atoms with van der Waals surface area (Å²) < 4.78 is 6.01. The van der Waals surface area contributed by atoms with E-state index >= 15 is 0 Å². The van der Waals surface area contributed by atoms with Gasteiger partial charge in [0.05, 0.1) is 12.7 Å². The van der Waals surface area contributed by atoms with E-state index in [-0.39, 0.29) is 12.1 Å². The summed E-state index contributed by atoms with van der Waals surface area (Å²) in [5, 5.41) is 0. The molecule has 150 valence electrons. The summed E-state index contributed by atoms with van der Waals surface area (Å²) in [5.41, 5.74) is 11.2. The fourth-order valence-electron chi connectivity index (χ4n) is 4.23. The van der Waals surface area contributed by atoms with Crippen molar-refractivity contribution in [2.45, 2.75) is 44.6 Å². The number of nitrogens with zero attached hydrogens (tertiary/aromatic N) is 2. The summed E-state index contributed by atoms with van der Waals surface area (Å²) in [5.74, 6) is 0. The number of hydrogen-bond acceptors (Lipinski definition) is 4. The molecule has 2 fully saturated rings. The Hall–Kier alpha value is -1.72. The first-order valence-corrected chi connectivity index (χ1v) is 10.6. The maximum atomic E-state index is 6.09. The molecule has 4 nitrogen and oxygen atoms in total. The molecule has 2 N–H and O–H groups in total. The van der Waals surface area contributed by atoms with E-state index in [0.717, 1.165) is 32.5 Å². The second-order valence-corrected chi connectivity index (χ2v) is 8.42. The molecule has 2 aliphatic rings. The van der Waals surface area contributed by atoms with Crippen molar-refractivity contribution < 1.29 is 4.74 Å². The van der Waals surface area contributed by atoms with Crippen LogP contribution >= 0.6 is 0 Å². The third kappa shape index (κ3) is 5.00. The molecule has 1 aliphatic carbocycles. The molecule has 0 unspecified atom stereocenters. The molecule has 1 saturated carbocycles. The SMILES string of the molecule is CN1CCN(Cc2ccc(-c3ccc(CO[C@H]4CCC[C@@H]4N)cc3)cc2)CC1. The van der Waals surface area contributed by atoms with Crippen LogP contribution in [0.25, 0.3) is 11.1 Å². The van der Waals surface area contributed by atoms with Crippen LogP contribution in [0.1, 0.15) is 30.4 Å². The molecule has 0 radical (unpaired) electrons. The topological polar surface area (TPSA) is 41.7 Å². The Balaban J connectivity index is 1.31. The lowest BCUT2D eigenvalue weighted by atomic mass is 10.0. The van der Waals surface area contributed by atoms with Gasteiger partial charge < -0.3 is 15.4 Å². The molecule has 4 heteroatoms. The summed E-state index contributed by atoms with van der Waals surface area (Å²) in [6.45, 7) is 6.36. The minimum absolute atomic E-state index is 0.212. The molecule has 2 atom stereocenters. The van der Waals surface area contributed by atoms with Crippen molar-refractivity contribution in [1.82, 2.24) is 9.80 Å². The van der Waals surface area contributed by atoms with E-state index in [1.54, 1.807) is 0 Å². The summed E-state index contributed by atoms with van der Waals surface area (Å²) in [7, 11) is 2.20. The number of rotatable bonds is 6. The van der Waals surface area contributed by atoms with E-state index in [4.69, 9.17) is 10.5 Å². The van der Waals surface area contributed by atoms with Crippen LogP contribution in [0.4, 0.5) is 0 Å². The van der Waals surface area contributed by atoms with Gasteiger partial charge in [0, 0.05) is 38.8 Å². The molecule has 2 aromatic rings. The van der Waals surface area contributed by atoms with Crippen molar-refractivity contribution >= 4 is 0 Å². The minimum atomic E-state index is 0.212. The second-order valence-electron chi connectivity index (χ2n) is 8.42. The summed E-state index contributed by atoms with van der Waals surface area (Å²) >= 11 is 0. The van der Waals surface area contributed by atoms with Gasteiger partial charge in [0.2, 0.25) is 0 Å². The molecule has 0 bridgehead atoms. The first kappa shape index (κ1) is 19.6. The van der Waals surface area contributed by atoms with Crippen LogP contribution in [-0.4, -0.2) is 55.2 Å². The van der Waals surface area contributed by atoms with Gasteiger partial charge >= 0.3 is 0 Å². The lowest BCUT2D eigenvalue weighted by Crippen LogP contribution is -2.43. The maximum Gasteiger partial charge on any atom is 0.0730 e. The predicted octanol–water partition coefficient (Wildman–Crippen LogP) is 3.50. The maximum absolute atomic E-state index is 6.09. The summed E-state index contributed by atoms with van der Waals surface area (Å²) in [6, 6.07) is 18.0. The molecule has 4 rings (SSSR count). The van der Waals surface area contributed by atoms with Gasteiger partial charge in [0.15, 0.2) is 0 Å². The van der Waals surface area contributed by atoms with Gasteiger partial charge in [-0.1, -0.05) is 48.5 Å². The van der Waals surface area contributed by atoms with Gasteiger partial charge in [0.25, 0.3) is 0 Å². The molecule has 0 spiro atoms. The van der Waals surface area contributed by atoms with Crippen LogP contribution in [0, 0.1) is 0 Å². The molecular weight excluding hydrogens is 346 g/mol. The van der Waals surface area contributed by atoms with Crippen LogP contribution in [0.2, 0.25) is 0 Å². The molecule has 1 heterocycles. The van der Waals surface area contributed by atoms with Gasteiger partial charge in [-0.25, -0.2) is 0 Å². The zero-order chi connectivity index (χ0) is 19.3. The van der Waals surface area contributed by atoms with Crippen molar-refractivity contribution in [3.63, 3.8) is 0 Å². The van der Waals surface area contributed by atoms with Crippen molar-refractivity contribution in [2.75, 3.05) is 33.2 Å². The van der Waals surface area contributed by atoms with Gasteiger partial charge in [0.1, 0.15) is 0 Å². The van der Waals surface area contributed by atoms with Crippen molar-refractivity contribution in [3.8, 4) is 11.1 Å². The standard InChI is InChI=1S/C24H33N3O/c1-26-13-15-27(16-14-26)17-19-5-9-21(10-6-19)22-11-7-20(8-12-22)18-28-24-4-2-3-23(24)25/h5-12,23-24H,2-4,13-18,25H2,1H3/t23-,24-/m0/s1. The smallest absolute Gasteiger partial charge is 0.0730 e. The van der Waals surface area contributed by atoms with E-state index in [0.29, 0.717) is 6.61 Å². The fourth-order valence-corrected chi connectivity index (χ4v) is 4.23. The first-order chi connectivity index (χ1) is 13.7. The van der Waals surface area contributed by atoms with E-state index in [9.17, 15) is 0 Å². The van der Waals surface area contributed by atoms with Crippen LogP contribution in [0.15, 0.2) is 48.5 Å². The van der Waals surface area contributed by atoms with E-state index in [2.05, 4.69) is 65.4 Å². The Bertz CT molecular complexity index is 735. The number of hydrogen-bond donors (Lipinski definition) is 1. The largest absolute Gasteiger partial charge is 0.372 e. The monoisotopic (exact) mass is 379 g/mol. The minimum Gasteiger partial charge on any atom is -0.372 e. The Morgan fingerprint density at radius 3 is 2.04 bits per heavy atom. The highest BCUT2D eigenvalue weighted by atomic mass is 16.5. The lowest BCUT2D eigenvalue weighted by molar-refractivity contribution is 0.0357. The van der Waals surface area contributed by atoms with Crippen LogP contribution in [0.3, 0.4) is 0 Å². The highest BCUT2D eigenvalue weighted by molar-refractivity contribution is 5.63. The number of ether oxygens (including phenoxy) is 1. The normalized spacial score (nSPS) is 23.9. The lowest BCUT2D eigenvalue weighted by Gasteiger charge is -2.32. The number of piperazine rings is 1. The highest BCUT2D eigenvalue weighted by Crippen LogP contribution is 2.24. The van der Waals surface area contributed by atoms with Gasteiger partial charge in [-0.05, 0) is 48.6 Å².